The molecule has 10 nitrogen and oxygen atoms in total. The van der Waals surface area contributed by atoms with Crippen molar-refractivity contribution in [3.05, 3.63) is 24.3 Å². The molecule has 0 aliphatic heterocycles. The highest BCUT2D eigenvalue weighted by molar-refractivity contribution is 7.47. The van der Waals surface area contributed by atoms with E-state index in [-0.39, 0.29) is 12.8 Å². The summed E-state index contributed by atoms with van der Waals surface area (Å²) in [6.07, 6.45) is 47.2. The second-order valence-corrected chi connectivity index (χ2v) is 18.3. The van der Waals surface area contributed by atoms with Gasteiger partial charge in [-0.1, -0.05) is 205 Å². The zero-order chi connectivity index (χ0) is 44.0. The Balaban J connectivity index is 3.84. The van der Waals surface area contributed by atoms with Gasteiger partial charge in [-0.05, 0) is 44.9 Å². The first kappa shape index (κ1) is 58.5. The van der Waals surface area contributed by atoms with Crippen LogP contribution in [0.15, 0.2) is 24.3 Å². The van der Waals surface area contributed by atoms with Crippen molar-refractivity contribution in [3.63, 3.8) is 0 Å². The molecule has 0 saturated carbocycles. The highest BCUT2D eigenvalue weighted by Gasteiger charge is 2.27. The fourth-order valence-corrected chi connectivity index (χ4v) is 7.87. The van der Waals surface area contributed by atoms with Crippen LogP contribution in [0.4, 0.5) is 0 Å². The third-order valence-electron chi connectivity index (χ3n) is 10.9. The number of phosphoric acid groups is 1. The van der Waals surface area contributed by atoms with Crippen LogP contribution in [0.1, 0.15) is 239 Å². The van der Waals surface area contributed by atoms with Gasteiger partial charge in [-0.3, -0.25) is 18.6 Å². The minimum Gasteiger partial charge on any atom is -0.457 e. The van der Waals surface area contributed by atoms with Crippen LogP contribution < -0.4 is 0 Å². The number of allylic oxidation sites excluding steroid dienone is 4. The van der Waals surface area contributed by atoms with Crippen molar-refractivity contribution in [2.45, 2.75) is 251 Å². The minimum atomic E-state index is -4.64. The number of carbonyl (C=O) groups excluding carboxylic acids is 2. The maximum atomic E-state index is 12.4. The van der Waals surface area contributed by atoms with Crippen molar-refractivity contribution in [2.24, 2.45) is 0 Å². The Hall–Kier alpha value is -1.55. The summed E-state index contributed by atoms with van der Waals surface area (Å²) in [5.74, 6) is -1.02. The van der Waals surface area contributed by atoms with Crippen molar-refractivity contribution in [2.75, 3.05) is 26.4 Å². The normalized spacial score (nSPS) is 13.9. The Morgan fingerprint density at radius 3 is 1.05 bits per heavy atom. The summed E-state index contributed by atoms with van der Waals surface area (Å²) in [5.41, 5.74) is 0. The predicted octanol–water partition coefficient (Wildman–Crippen LogP) is 13.7. The Labute approximate surface area is 368 Å². The van der Waals surface area contributed by atoms with Crippen LogP contribution in [-0.2, 0) is 32.7 Å². The molecule has 0 spiro atoms. The third-order valence-corrected chi connectivity index (χ3v) is 11.9. The summed E-state index contributed by atoms with van der Waals surface area (Å²) >= 11 is 0. The summed E-state index contributed by atoms with van der Waals surface area (Å²) in [7, 11) is -4.64. The number of unbranched alkanes of at least 4 members (excludes halogenated alkanes) is 29. The van der Waals surface area contributed by atoms with Crippen molar-refractivity contribution in [3.8, 4) is 0 Å². The molecule has 0 aromatic rings. The number of esters is 2. The molecule has 0 saturated heterocycles. The van der Waals surface area contributed by atoms with Gasteiger partial charge in [0.15, 0.2) is 0 Å². The smallest absolute Gasteiger partial charge is 0.457 e. The second kappa shape index (κ2) is 45.5. The van der Waals surface area contributed by atoms with Crippen LogP contribution in [0.25, 0.3) is 0 Å². The van der Waals surface area contributed by atoms with Gasteiger partial charge in [0, 0.05) is 12.8 Å². The molecule has 0 heterocycles. The molecule has 11 heteroatoms. The molecule has 354 valence electrons. The van der Waals surface area contributed by atoms with Crippen LogP contribution in [0.2, 0.25) is 0 Å². The van der Waals surface area contributed by atoms with E-state index in [4.69, 9.17) is 18.5 Å². The second-order valence-electron chi connectivity index (χ2n) is 16.8. The van der Waals surface area contributed by atoms with E-state index in [0.29, 0.717) is 12.8 Å². The molecule has 0 aromatic carbocycles. The standard InChI is InChI=1S/C49H93O10P/c1-3-5-7-9-11-13-15-17-19-21-22-23-24-25-27-29-31-33-35-37-39-41-49(53)59-47(43-51)45-57-60(54,55)56-44-46(42-50)58-48(52)40-38-36-34-32-30-28-26-20-18-16-14-12-10-8-6-4-2/h14,16,20,26,46-47,50-51H,3-13,15,17-19,21-25,27-45H2,1-2H3,(H,54,55)/b16-14-,26-20-. The first-order chi connectivity index (χ1) is 29.3. The zero-order valence-electron chi connectivity index (χ0n) is 38.7. The summed E-state index contributed by atoms with van der Waals surface area (Å²) in [5, 5.41) is 19.2. The number of phosphoric ester groups is 1. The van der Waals surface area contributed by atoms with E-state index < -0.39 is 58.4 Å². The molecular weight excluding hydrogens is 780 g/mol. The molecule has 0 fully saturated rings. The number of aliphatic hydroxyl groups excluding tert-OH is 2. The van der Waals surface area contributed by atoms with Gasteiger partial charge in [0.05, 0.1) is 26.4 Å². The van der Waals surface area contributed by atoms with E-state index in [9.17, 15) is 29.3 Å². The van der Waals surface area contributed by atoms with Crippen LogP contribution >= 0.6 is 7.82 Å². The number of aliphatic hydroxyl groups is 2. The maximum absolute atomic E-state index is 12.4. The van der Waals surface area contributed by atoms with Gasteiger partial charge in [0.2, 0.25) is 0 Å². The molecule has 0 aromatic heterocycles. The summed E-state index contributed by atoms with van der Waals surface area (Å²) in [6.45, 7) is 2.22. The van der Waals surface area contributed by atoms with Crippen LogP contribution in [0, 0.1) is 0 Å². The van der Waals surface area contributed by atoms with E-state index >= 15 is 0 Å². The lowest BCUT2D eigenvalue weighted by Gasteiger charge is -2.20. The first-order valence-corrected chi connectivity index (χ1v) is 26.3. The summed E-state index contributed by atoms with van der Waals surface area (Å²) < 4.78 is 32.7. The Morgan fingerprint density at radius 2 is 0.733 bits per heavy atom. The lowest BCUT2D eigenvalue weighted by Crippen LogP contribution is -2.28. The predicted molar refractivity (Wildman–Crippen MR) is 247 cm³/mol. The third kappa shape index (κ3) is 43.1. The molecule has 60 heavy (non-hydrogen) atoms. The van der Waals surface area contributed by atoms with E-state index in [0.717, 1.165) is 57.8 Å². The van der Waals surface area contributed by atoms with E-state index in [2.05, 4.69) is 38.2 Å². The molecule has 0 rings (SSSR count). The van der Waals surface area contributed by atoms with Crippen molar-refractivity contribution in [1.82, 2.24) is 0 Å². The van der Waals surface area contributed by atoms with Gasteiger partial charge >= 0.3 is 19.8 Å². The van der Waals surface area contributed by atoms with Gasteiger partial charge in [-0.25, -0.2) is 4.57 Å². The fraction of sp³-hybridized carbons (Fsp3) is 0.878. The molecular formula is C49H93O10P. The van der Waals surface area contributed by atoms with Crippen molar-refractivity contribution >= 4 is 19.8 Å². The highest BCUT2D eigenvalue weighted by Crippen LogP contribution is 2.43. The molecule has 3 atom stereocenters. The molecule has 0 bridgehead atoms. The molecule has 3 unspecified atom stereocenters. The van der Waals surface area contributed by atoms with Gasteiger partial charge < -0.3 is 24.6 Å². The van der Waals surface area contributed by atoms with Crippen LogP contribution in [0.3, 0.4) is 0 Å². The number of ether oxygens (including phenoxy) is 2. The highest BCUT2D eigenvalue weighted by atomic mass is 31.2. The van der Waals surface area contributed by atoms with E-state index in [1.807, 2.05) is 0 Å². The average Bonchev–Trinajstić information content (AvgIpc) is 3.24. The summed E-state index contributed by atoms with van der Waals surface area (Å²) in [6, 6.07) is 0. The lowest BCUT2D eigenvalue weighted by atomic mass is 10.0. The Morgan fingerprint density at radius 1 is 0.450 bits per heavy atom. The number of rotatable bonds is 47. The molecule has 0 amide bonds. The topological polar surface area (TPSA) is 149 Å². The fourth-order valence-electron chi connectivity index (χ4n) is 7.09. The van der Waals surface area contributed by atoms with Crippen molar-refractivity contribution in [1.29, 1.82) is 0 Å². The Bertz CT molecular complexity index is 1050. The first-order valence-electron chi connectivity index (χ1n) is 24.8. The van der Waals surface area contributed by atoms with E-state index in [1.165, 1.54) is 141 Å². The molecule has 0 aliphatic rings. The molecule has 3 N–H and O–H groups in total. The van der Waals surface area contributed by atoms with E-state index in [1.54, 1.807) is 0 Å². The summed E-state index contributed by atoms with van der Waals surface area (Å²) in [4.78, 5) is 34.6. The van der Waals surface area contributed by atoms with Gasteiger partial charge in [-0.15, -0.1) is 0 Å². The quantitative estimate of drug-likeness (QED) is 0.0233. The van der Waals surface area contributed by atoms with Gasteiger partial charge in [-0.2, -0.15) is 0 Å². The molecule has 0 aliphatic carbocycles. The SMILES string of the molecule is CCCCCC/C=C\C/C=C\CCCCCCCC(=O)OC(CO)COP(=O)(O)OCC(CO)OC(=O)CCCCCCCCCCCCCCCCCCCCCCC. The monoisotopic (exact) mass is 873 g/mol. The van der Waals surface area contributed by atoms with Crippen LogP contribution in [-0.4, -0.2) is 65.7 Å². The average molecular weight is 873 g/mol. The number of carbonyl (C=O) groups is 2. The largest absolute Gasteiger partial charge is 0.472 e. The lowest BCUT2D eigenvalue weighted by molar-refractivity contribution is -0.153. The maximum Gasteiger partial charge on any atom is 0.472 e. The molecule has 0 radical (unpaired) electrons. The number of hydrogen-bond donors (Lipinski definition) is 3. The zero-order valence-corrected chi connectivity index (χ0v) is 39.6. The van der Waals surface area contributed by atoms with Gasteiger partial charge in [0.25, 0.3) is 0 Å². The Kier molecular flexibility index (Phi) is 44.3. The van der Waals surface area contributed by atoms with Gasteiger partial charge in [0.1, 0.15) is 12.2 Å². The number of hydrogen-bond acceptors (Lipinski definition) is 9. The van der Waals surface area contributed by atoms with Crippen molar-refractivity contribution < 1.29 is 47.8 Å². The minimum absolute atomic E-state index is 0.178. The van der Waals surface area contributed by atoms with Crippen LogP contribution in [0.5, 0.6) is 0 Å².